The van der Waals surface area contributed by atoms with E-state index in [1.54, 1.807) is 37.4 Å². The Hall–Kier alpha value is -1.80. The second-order valence-corrected chi connectivity index (χ2v) is 7.25. The van der Waals surface area contributed by atoms with Gasteiger partial charge >= 0.3 is 0 Å². The van der Waals surface area contributed by atoms with Crippen molar-refractivity contribution in [1.29, 1.82) is 0 Å². The molecule has 1 atom stereocenters. The largest absolute Gasteiger partial charge is 0.566 e. The number of carbonyl (C=O) groups is 1. The van der Waals surface area contributed by atoms with Crippen LogP contribution in [0.3, 0.4) is 0 Å². The smallest absolute Gasteiger partial charge is 0.276 e. The molecule has 1 aliphatic heterocycles. The first-order chi connectivity index (χ1) is 11.0. The molecule has 0 saturated carbocycles. The summed E-state index contributed by atoms with van der Waals surface area (Å²) < 4.78 is 17.6. The van der Waals surface area contributed by atoms with E-state index in [0.29, 0.717) is 16.4 Å². The summed E-state index contributed by atoms with van der Waals surface area (Å²) in [6, 6.07) is 10.6. The van der Waals surface area contributed by atoms with Crippen molar-refractivity contribution in [2.45, 2.75) is 0 Å². The predicted octanol–water partition coefficient (Wildman–Crippen LogP) is 3.24. The van der Waals surface area contributed by atoms with E-state index < -0.39 is 11.5 Å². The van der Waals surface area contributed by atoms with Crippen LogP contribution in [0.2, 0.25) is 5.02 Å². The van der Waals surface area contributed by atoms with Gasteiger partial charge in [-0.3, -0.25) is 4.79 Å². The van der Waals surface area contributed by atoms with Gasteiger partial charge in [0.2, 0.25) is 11.5 Å². The maximum absolute atomic E-state index is 12.5. The number of nitrogens with one attached hydrogen (secondary N) is 1. The fraction of sp³-hybridized carbons (Fsp3) is 0.0667. The van der Waals surface area contributed by atoms with E-state index in [1.807, 2.05) is 17.5 Å². The Labute approximate surface area is 145 Å². The summed E-state index contributed by atoms with van der Waals surface area (Å²) in [5, 5.41) is 5.18. The van der Waals surface area contributed by atoms with Crippen molar-refractivity contribution in [2.75, 3.05) is 12.4 Å². The van der Waals surface area contributed by atoms with Crippen molar-refractivity contribution in [3.63, 3.8) is 0 Å². The number of benzene rings is 1. The number of likely N-dealkylation sites (N-methyl/N-ethyl adjacent to an activating group) is 1. The quantitative estimate of drug-likeness (QED) is 0.849. The van der Waals surface area contributed by atoms with Crippen LogP contribution in [0.5, 0.6) is 0 Å². The van der Waals surface area contributed by atoms with Crippen LogP contribution in [0.4, 0.5) is 5.69 Å². The summed E-state index contributed by atoms with van der Waals surface area (Å²) in [4.78, 5) is 13.4. The molecule has 0 aliphatic carbocycles. The molecule has 1 unspecified atom stereocenters. The third kappa shape index (κ3) is 3.59. The minimum absolute atomic E-state index is 0.279. The molecule has 2 heterocycles. The second kappa shape index (κ2) is 6.76. The normalized spacial score (nSPS) is 17.5. The van der Waals surface area contributed by atoms with Gasteiger partial charge in [-0.1, -0.05) is 23.7 Å². The summed E-state index contributed by atoms with van der Waals surface area (Å²) >= 11 is 5.75. The molecule has 1 aliphatic rings. The SMILES string of the molecule is CN1C(C(=O)Nc2cccc(Cl)c2)=CC(c2cccs2)=N[S+]1[O-]. The zero-order chi connectivity index (χ0) is 16.4. The van der Waals surface area contributed by atoms with Crippen LogP contribution >= 0.6 is 22.9 Å². The molecule has 0 fully saturated rings. The molecule has 0 spiro atoms. The highest BCUT2D eigenvalue weighted by Gasteiger charge is 2.30. The van der Waals surface area contributed by atoms with Crippen LogP contribution in [0.25, 0.3) is 0 Å². The molecule has 0 saturated heterocycles. The number of hydrogen-bond acceptors (Lipinski definition) is 5. The van der Waals surface area contributed by atoms with Crippen molar-refractivity contribution < 1.29 is 9.35 Å². The summed E-state index contributed by atoms with van der Waals surface area (Å²) in [5.41, 5.74) is 1.39. The summed E-state index contributed by atoms with van der Waals surface area (Å²) in [6.07, 6.45) is 1.63. The van der Waals surface area contributed by atoms with Gasteiger partial charge in [-0.2, -0.15) is 4.31 Å². The van der Waals surface area contributed by atoms with Crippen LogP contribution in [-0.4, -0.2) is 27.5 Å². The molecule has 0 bridgehead atoms. The van der Waals surface area contributed by atoms with Crippen molar-refractivity contribution in [2.24, 2.45) is 4.40 Å². The number of anilines is 1. The van der Waals surface area contributed by atoms with E-state index in [2.05, 4.69) is 9.71 Å². The third-order valence-corrected chi connectivity index (χ3v) is 5.26. The monoisotopic (exact) mass is 365 g/mol. The Bertz CT molecular complexity index is 790. The van der Waals surface area contributed by atoms with Gasteiger partial charge in [0.25, 0.3) is 5.91 Å². The maximum atomic E-state index is 12.5. The van der Waals surface area contributed by atoms with Gasteiger partial charge in [-0.15, -0.1) is 11.3 Å². The highest BCUT2D eigenvalue weighted by molar-refractivity contribution is 7.88. The maximum Gasteiger partial charge on any atom is 0.276 e. The minimum atomic E-state index is -1.64. The Kier molecular flexibility index (Phi) is 4.72. The number of nitrogens with zero attached hydrogens (tertiary/aromatic N) is 2. The van der Waals surface area contributed by atoms with Gasteiger partial charge in [-0.25, -0.2) is 0 Å². The molecule has 3 rings (SSSR count). The average molecular weight is 366 g/mol. The van der Waals surface area contributed by atoms with E-state index >= 15 is 0 Å². The Morgan fingerprint density at radius 3 is 2.91 bits per heavy atom. The average Bonchev–Trinajstić information content (AvgIpc) is 3.04. The lowest BCUT2D eigenvalue weighted by Crippen LogP contribution is -2.35. The summed E-state index contributed by atoms with van der Waals surface area (Å²) in [7, 11) is 1.56. The van der Waals surface area contributed by atoms with E-state index in [0.717, 1.165) is 4.88 Å². The second-order valence-electron chi connectivity index (χ2n) is 4.68. The minimum Gasteiger partial charge on any atom is -0.566 e. The van der Waals surface area contributed by atoms with Gasteiger partial charge in [0.15, 0.2) is 5.70 Å². The van der Waals surface area contributed by atoms with Crippen LogP contribution in [-0.2, 0) is 16.3 Å². The lowest BCUT2D eigenvalue weighted by molar-refractivity contribution is -0.113. The van der Waals surface area contributed by atoms with Crippen molar-refractivity contribution in [1.82, 2.24) is 4.31 Å². The molecular formula is C15H12ClN3O2S2. The number of carbonyl (C=O) groups excluding carboxylic acids is 1. The van der Waals surface area contributed by atoms with Crippen LogP contribution in [0.1, 0.15) is 4.88 Å². The topological polar surface area (TPSA) is 67.8 Å². The van der Waals surface area contributed by atoms with Crippen molar-refractivity contribution in [3.8, 4) is 0 Å². The molecule has 1 aromatic carbocycles. The summed E-state index contributed by atoms with van der Waals surface area (Å²) in [5.74, 6) is -0.368. The van der Waals surface area contributed by atoms with Crippen LogP contribution in [0.15, 0.2) is 57.9 Å². The lowest BCUT2D eigenvalue weighted by atomic mass is 10.2. The molecule has 5 nitrogen and oxygen atoms in total. The zero-order valence-corrected chi connectivity index (χ0v) is 14.4. The molecular weight excluding hydrogens is 354 g/mol. The fourth-order valence-electron chi connectivity index (χ4n) is 1.99. The highest BCUT2D eigenvalue weighted by Crippen LogP contribution is 2.23. The standard InChI is InChI=1S/C15H12ClN3O2S2/c1-19-13(15(20)17-11-5-2-4-10(16)8-11)9-12(18-23(19)21)14-6-3-7-22-14/h2-9H,1H3,(H,17,20). The molecule has 23 heavy (non-hydrogen) atoms. The molecule has 2 aromatic rings. The first-order valence-corrected chi connectivity index (χ1v) is 8.93. The number of halogens is 1. The van der Waals surface area contributed by atoms with Gasteiger partial charge in [-0.05, 0) is 34.0 Å². The first-order valence-electron chi connectivity index (χ1n) is 6.61. The molecule has 0 radical (unpaired) electrons. The molecule has 1 N–H and O–H groups in total. The van der Waals surface area contributed by atoms with E-state index in [9.17, 15) is 9.35 Å². The van der Waals surface area contributed by atoms with E-state index in [-0.39, 0.29) is 11.6 Å². The zero-order valence-electron chi connectivity index (χ0n) is 12.0. The number of allylic oxidation sites excluding steroid dienone is 1. The molecule has 1 aromatic heterocycles. The van der Waals surface area contributed by atoms with Gasteiger partial charge in [0, 0.05) is 16.8 Å². The molecule has 118 valence electrons. The predicted molar refractivity (Wildman–Crippen MR) is 94.9 cm³/mol. The van der Waals surface area contributed by atoms with Crippen LogP contribution < -0.4 is 5.32 Å². The van der Waals surface area contributed by atoms with Gasteiger partial charge in [0.1, 0.15) is 5.71 Å². The van der Waals surface area contributed by atoms with Crippen molar-refractivity contribution >= 4 is 51.8 Å². The Balaban J connectivity index is 1.87. The van der Waals surface area contributed by atoms with E-state index in [1.165, 1.54) is 15.6 Å². The molecule has 8 heteroatoms. The Morgan fingerprint density at radius 1 is 1.39 bits per heavy atom. The van der Waals surface area contributed by atoms with Crippen molar-refractivity contribution in [3.05, 3.63) is 63.5 Å². The van der Waals surface area contributed by atoms with Gasteiger partial charge < -0.3 is 9.87 Å². The number of hydrogen-bond donors (Lipinski definition) is 1. The summed E-state index contributed by atoms with van der Waals surface area (Å²) in [6.45, 7) is 0. The molecule has 1 amide bonds. The van der Waals surface area contributed by atoms with Crippen LogP contribution in [0, 0.1) is 0 Å². The lowest BCUT2D eigenvalue weighted by Gasteiger charge is -2.23. The fourth-order valence-corrected chi connectivity index (χ4v) is 3.67. The Morgan fingerprint density at radius 2 is 2.22 bits per heavy atom. The number of rotatable bonds is 3. The number of amides is 1. The van der Waals surface area contributed by atoms with Gasteiger partial charge in [0.05, 0.1) is 11.9 Å². The first kappa shape index (κ1) is 16.1. The highest BCUT2D eigenvalue weighted by atomic mass is 35.5. The number of thiophene rings is 1. The third-order valence-electron chi connectivity index (χ3n) is 3.11. The van der Waals surface area contributed by atoms with E-state index in [4.69, 9.17) is 11.6 Å².